The van der Waals surface area contributed by atoms with E-state index in [-0.39, 0.29) is 12.3 Å². The van der Waals surface area contributed by atoms with Crippen LogP contribution in [-0.4, -0.2) is 30.3 Å². The lowest BCUT2D eigenvalue weighted by atomic mass is 9.79. The van der Waals surface area contributed by atoms with Gasteiger partial charge in [0.25, 0.3) is 5.69 Å². The summed E-state index contributed by atoms with van der Waals surface area (Å²) in [4.78, 5) is 33.1. The molecule has 2 rings (SSSR count). The summed E-state index contributed by atoms with van der Waals surface area (Å²) >= 11 is 0. The van der Waals surface area contributed by atoms with Crippen molar-refractivity contribution in [1.29, 1.82) is 0 Å². The van der Waals surface area contributed by atoms with E-state index in [0.717, 1.165) is 0 Å². The smallest absolute Gasteiger partial charge is 0.336 e. The van der Waals surface area contributed by atoms with Crippen LogP contribution in [0.25, 0.3) is 0 Å². The van der Waals surface area contributed by atoms with Gasteiger partial charge in [0, 0.05) is 40.7 Å². The van der Waals surface area contributed by atoms with Gasteiger partial charge in [-0.15, -0.1) is 6.58 Å². The number of methoxy groups -OCH3 is 1. The number of carbonyl (C=O) groups is 1. The van der Waals surface area contributed by atoms with Crippen molar-refractivity contribution in [2.75, 3.05) is 13.7 Å². The molecule has 148 valence electrons. The van der Waals surface area contributed by atoms with Gasteiger partial charge in [0.2, 0.25) is 0 Å². The lowest BCUT2D eigenvalue weighted by Gasteiger charge is -2.29. The quantitative estimate of drug-likeness (QED) is 0.253. The van der Waals surface area contributed by atoms with E-state index >= 15 is 0 Å². The van der Waals surface area contributed by atoms with Crippen LogP contribution < -0.4 is 5.48 Å². The molecule has 0 bridgehead atoms. The third-order valence-electron chi connectivity index (χ3n) is 4.34. The molecule has 1 aliphatic heterocycles. The first-order valence-corrected chi connectivity index (χ1v) is 8.60. The maximum absolute atomic E-state index is 12.5. The van der Waals surface area contributed by atoms with Crippen LogP contribution >= 0.6 is 0 Å². The fraction of sp³-hybridized carbons (Fsp3) is 0.300. The molecular formula is C20H23N3O5. The van der Waals surface area contributed by atoms with Gasteiger partial charge in [-0.3, -0.25) is 25.4 Å². The maximum Gasteiger partial charge on any atom is 0.336 e. The second-order valence-corrected chi connectivity index (χ2v) is 6.21. The molecule has 0 fully saturated rings. The second kappa shape index (κ2) is 9.09. The molecule has 1 unspecified atom stereocenters. The molecule has 0 aliphatic carbocycles. The first-order chi connectivity index (χ1) is 13.3. The predicted molar refractivity (Wildman–Crippen MR) is 106 cm³/mol. The predicted octanol–water partition coefficient (Wildman–Crippen LogP) is 3.58. The Labute approximate surface area is 163 Å². The van der Waals surface area contributed by atoms with Crippen molar-refractivity contribution < 1.29 is 19.3 Å². The minimum atomic E-state index is -0.593. The molecule has 8 heteroatoms. The van der Waals surface area contributed by atoms with Crippen LogP contribution in [0.1, 0.15) is 32.3 Å². The van der Waals surface area contributed by atoms with Gasteiger partial charge in [-0.1, -0.05) is 18.2 Å². The number of nitrogens with zero attached hydrogens (tertiary/aromatic N) is 2. The van der Waals surface area contributed by atoms with Crippen LogP contribution in [0.4, 0.5) is 5.69 Å². The number of nitro groups is 1. The Hall–Kier alpha value is -3.26. The molecule has 0 aromatic heterocycles. The number of hydrogen-bond donors (Lipinski definition) is 1. The molecule has 28 heavy (non-hydrogen) atoms. The number of nitro benzene ring substituents is 1. The number of carbonyl (C=O) groups excluding carboxylic acids is 1. The van der Waals surface area contributed by atoms with Gasteiger partial charge in [-0.05, 0) is 26.3 Å². The summed E-state index contributed by atoms with van der Waals surface area (Å²) in [5.41, 5.74) is 6.19. The van der Waals surface area contributed by atoms with Crippen LogP contribution in [0.15, 0.2) is 64.5 Å². The molecule has 1 heterocycles. The van der Waals surface area contributed by atoms with Crippen molar-refractivity contribution in [3.05, 3.63) is 75.1 Å². The molecule has 0 spiro atoms. The van der Waals surface area contributed by atoms with E-state index in [4.69, 9.17) is 9.57 Å². The van der Waals surface area contributed by atoms with E-state index in [2.05, 4.69) is 17.1 Å². The summed E-state index contributed by atoms with van der Waals surface area (Å²) in [6.07, 6.45) is 1.59. The second-order valence-electron chi connectivity index (χ2n) is 6.21. The summed E-state index contributed by atoms with van der Waals surface area (Å²) in [7, 11) is 1.29. The number of esters is 1. The molecule has 8 nitrogen and oxygen atoms in total. The summed E-state index contributed by atoms with van der Waals surface area (Å²) in [6, 6.07) is 6.19. The zero-order chi connectivity index (χ0) is 20.8. The van der Waals surface area contributed by atoms with E-state index in [1.165, 1.54) is 19.2 Å². The first kappa shape index (κ1) is 21.0. The summed E-state index contributed by atoms with van der Waals surface area (Å²) in [5.74, 6) is -1.13. The molecule has 0 radical (unpaired) electrons. The highest BCUT2D eigenvalue weighted by Crippen LogP contribution is 2.40. The molecule has 0 saturated carbocycles. The number of hydrogen-bond acceptors (Lipinski definition) is 7. The van der Waals surface area contributed by atoms with Gasteiger partial charge in [0.05, 0.1) is 24.2 Å². The number of ether oxygens (including phenoxy) is 1. The van der Waals surface area contributed by atoms with Crippen molar-refractivity contribution >= 4 is 17.4 Å². The lowest BCUT2D eigenvalue weighted by Crippen LogP contribution is -2.27. The number of hydroxylamine groups is 1. The number of allylic oxidation sites excluding steroid dienone is 3. The summed E-state index contributed by atoms with van der Waals surface area (Å²) < 4.78 is 4.96. The Bertz CT molecular complexity index is 899. The van der Waals surface area contributed by atoms with Gasteiger partial charge in [0.15, 0.2) is 0 Å². The van der Waals surface area contributed by atoms with Gasteiger partial charge < -0.3 is 4.74 Å². The highest BCUT2D eigenvalue weighted by molar-refractivity contribution is 6.06. The van der Waals surface area contributed by atoms with Crippen molar-refractivity contribution in [3.63, 3.8) is 0 Å². The third-order valence-corrected chi connectivity index (χ3v) is 4.34. The van der Waals surface area contributed by atoms with Crippen molar-refractivity contribution in [3.8, 4) is 0 Å². The van der Waals surface area contributed by atoms with Gasteiger partial charge in [-0.2, -0.15) is 0 Å². The zero-order valence-corrected chi connectivity index (χ0v) is 16.3. The Morgan fingerprint density at radius 1 is 1.43 bits per heavy atom. The molecule has 0 amide bonds. The third kappa shape index (κ3) is 4.34. The largest absolute Gasteiger partial charge is 0.466 e. The van der Waals surface area contributed by atoms with Crippen molar-refractivity contribution in [1.82, 2.24) is 5.48 Å². The van der Waals surface area contributed by atoms with Crippen LogP contribution in [0, 0.1) is 10.1 Å². The highest BCUT2D eigenvalue weighted by Gasteiger charge is 2.35. The maximum atomic E-state index is 12.5. The molecule has 1 aliphatic rings. The van der Waals surface area contributed by atoms with E-state index in [1.807, 2.05) is 6.92 Å². The summed E-state index contributed by atoms with van der Waals surface area (Å²) in [5, 5.41) is 11.3. The average Bonchev–Trinajstić information content (AvgIpc) is 2.67. The van der Waals surface area contributed by atoms with Gasteiger partial charge in [-0.25, -0.2) is 4.79 Å². The molecule has 1 aromatic rings. The number of non-ortho nitro benzene ring substituents is 1. The average molecular weight is 385 g/mol. The molecule has 1 N–H and O–H groups in total. The van der Waals surface area contributed by atoms with Crippen LogP contribution in [0.3, 0.4) is 0 Å². The minimum Gasteiger partial charge on any atom is -0.466 e. The van der Waals surface area contributed by atoms with Crippen molar-refractivity contribution in [2.24, 2.45) is 4.99 Å². The van der Waals surface area contributed by atoms with Crippen LogP contribution in [0.2, 0.25) is 0 Å². The number of aliphatic imine (C=N–C) groups is 1. The highest BCUT2D eigenvalue weighted by atomic mass is 16.6. The van der Waals surface area contributed by atoms with Gasteiger partial charge >= 0.3 is 5.97 Å². The number of nitrogens with one attached hydrogen (secondary N) is 1. The molecule has 0 saturated heterocycles. The minimum absolute atomic E-state index is 0.0626. The Balaban J connectivity index is 2.69. The number of benzene rings is 1. The van der Waals surface area contributed by atoms with Crippen molar-refractivity contribution in [2.45, 2.75) is 26.7 Å². The fourth-order valence-electron chi connectivity index (χ4n) is 3.21. The number of rotatable bonds is 7. The lowest BCUT2D eigenvalue weighted by molar-refractivity contribution is -0.384. The Morgan fingerprint density at radius 2 is 2.14 bits per heavy atom. The topological polar surface area (TPSA) is 103 Å². The SMILES string of the molecule is C=CCONC(C)=C1C(C)=NC(C)=C(C(=O)OC)C1c1cccc([N+](=O)[O-])c1. The van der Waals surface area contributed by atoms with E-state index < -0.39 is 16.8 Å². The van der Waals surface area contributed by atoms with Gasteiger partial charge in [0.1, 0.15) is 0 Å². The zero-order valence-electron chi connectivity index (χ0n) is 16.3. The normalized spacial score (nSPS) is 18.3. The fourth-order valence-corrected chi connectivity index (χ4v) is 3.21. The first-order valence-electron chi connectivity index (χ1n) is 8.60. The van der Waals surface area contributed by atoms with E-state index in [1.54, 1.807) is 32.1 Å². The monoisotopic (exact) mass is 385 g/mol. The Morgan fingerprint density at radius 3 is 2.75 bits per heavy atom. The Kier molecular flexibility index (Phi) is 6.84. The summed E-state index contributed by atoms with van der Waals surface area (Å²) in [6.45, 7) is 9.19. The van der Waals surface area contributed by atoms with Crippen LogP contribution in [0.5, 0.6) is 0 Å². The van der Waals surface area contributed by atoms with E-state index in [9.17, 15) is 14.9 Å². The molecule has 1 aromatic carbocycles. The standard InChI is InChI=1S/C20H23N3O5/c1-6-10-28-22-14(4)17-12(2)21-13(3)18(20(24)27-5)19(17)15-8-7-9-16(11-15)23(25)26/h6-9,11,19,22H,1,10H2,2-5H3. The molecular weight excluding hydrogens is 362 g/mol. The van der Waals surface area contributed by atoms with E-state index in [0.29, 0.717) is 33.8 Å². The van der Waals surface area contributed by atoms with Crippen LogP contribution in [-0.2, 0) is 14.4 Å². The molecule has 1 atom stereocenters.